The van der Waals surface area contributed by atoms with Gasteiger partial charge in [0.2, 0.25) is 5.88 Å². The van der Waals surface area contributed by atoms with Crippen molar-refractivity contribution in [1.29, 1.82) is 0 Å². The molecule has 0 spiro atoms. The molecule has 2 saturated carbocycles. The number of ether oxygens (including phenoxy) is 2. The van der Waals surface area contributed by atoms with Crippen LogP contribution in [0.3, 0.4) is 0 Å². The molecule has 5 rings (SSSR count). The highest BCUT2D eigenvalue weighted by Crippen LogP contribution is 2.51. The fourth-order valence-electron chi connectivity index (χ4n) is 6.28. The Morgan fingerprint density at radius 3 is 2.60 bits per heavy atom. The minimum atomic E-state index is -0.929. The highest BCUT2D eigenvalue weighted by molar-refractivity contribution is 5.70. The molecule has 5 nitrogen and oxygen atoms in total. The second kappa shape index (κ2) is 11.6. The van der Waals surface area contributed by atoms with Crippen molar-refractivity contribution in [2.75, 3.05) is 7.11 Å². The van der Waals surface area contributed by atoms with Gasteiger partial charge in [-0.3, -0.25) is 4.79 Å². The highest BCUT2D eigenvalue weighted by Gasteiger charge is 2.37. The molecular formula is C33H37F2NO4. The Bertz CT molecular complexity index is 1380. The van der Waals surface area contributed by atoms with E-state index in [0.29, 0.717) is 29.3 Å². The van der Waals surface area contributed by atoms with Gasteiger partial charge in [-0.1, -0.05) is 63.4 Å². The lowest BCUT2D eigenvalue weighted by atomic mass is 9.75. The summed E-state index contributed by atoms with van der Waals surface area (Å²) in [5, 5.41) is 9.41. The van der Waals surface area contributed by atoms with Gasteiger partial charge >= 0.3 is 5.97 Å². The van der Waals surface area contributed by atoms with Gasteiger partial charge in [-0.15, -0.1) is 0 Å². The summed E-state index contributed by atoms with van der Waals surface area (Å²) in [6.07, 6.45) is 7.07. The first-order valence-electron chi connectivity index (χ1n) is 14.1. The van der Waals surface area contributed by atoms with Gasteiger partial charge in [-0.25, -0.2) is 13.8 Å². The first-order valence-corrected chi connectivity index (χ1v) is 14.1. The Labute approximate surface area is 234 Å². The van der Waals surface area contributed by atoms with Gasteiger partial charge in [0.1, 0.15) is 12.4 Å². The van der Waals surface area contributed by atoms with Crippen LogP contribution in [0.15, 0.2) is 48.7 Å². The number of methoxy groups -OCH3 is 1. The summed E-state index contributed by atoms with van der Waals surface area (Å²) in [6.45, 7) is 4.63. The zero-order chi connectivity index (χ0) is 28.4. The molecule has 212 valence electrons. The molecule has 0 saturated heterocycles. The summed E-state index contributed by atoms with van der Waals surface area (Å²) in [6, 6.07) is 12.5. The van der Waals surface area contributed by atoms with Gasteiger partial charge in [0.25, 0.3) is 0 Å². The van der Waals surface area contributed by atoms with Crippen molar-refractivity contribution in [1.82, 2.24) is 4.98 Å². The third-order valence-electron chi connectivity index (χ3n) is 8.64. The van der Waals surface area contributed by atoms with Gasteiger partial charge < -0.3 is 14.6 Å². The summed E-state index contributed by atoms with van der Waals surface area (Å²) >= 11 is 0. The van der Waals surface area contributed by atoms with E-state index >= 15 is 8.78 Å². The molecule has 0 amide bonds. The topological polar surface area (TPSA) is 68.7 Å². The van der Waals surface area contributed by atoms with Crippen molar-refractivity contribution in [3.8, 4) is 22.8 Å². The standard InChI is InChI=1S/C33H37F2NO4/c1-33(2)13-5-7-27(33)25-15-21(11-12-24(25)26-17-30(39-3)36-18-28(26)34)19-40-29-8-4-6-23(32(29)35)22(16-31(37)38)14-20-9-10-20/h4,6,8,11-12,15,17-18,20,22,27H,5,7,9-10,13-14,16,19H2,1-3H3,(H,37,38)/t22-,27-/m0/s1. The van der Waals surface area contributed by atoms with E-state index in [9.17, 15) is 9.90 Å². The van der Waals surface area contributed by atoms with E-state index in [1.807, 2.05) is 12.1 Å². The van der Waals surface area contributed by atoms with Crippen molar-refractivity contribution in [3.05, 3.63) is 77.0 Å². The third-order valence-corrected chi connectivity index (χ3v) is 8.64. The molecule has 0 unspecified atom stereocenters. The van der Waals surface area contributed by atoms with Crippen LogP contribution in [0.4, 0.5) is 8.78 Å². The van der Waals surface area contributed by atoms with Crippen LogP contribution >= 0.6 is 0 Å². The molecule has 2 aromatic carbocycles. The number of nitrogens with zero attached hydrogens (tertiary/aromatic N) is 1. The quantitative estimate of drug-likeness (QED) is 0.261. The minimum Gasteiger partial charge on any atom is -0.486 e. The predicted octanol–water partition coefficient (Wildman–Crippen LogP) is 8.27. The van der Waals surface area contributed by atoms with Crippen LogP contribution in [0.1, 0.15) is 87.3 Å². The lowest BCUT2D eigenvalue weighted by Crippen LogP contribution is -2.17. The number of carbonyl (C=O) groups is 1. The Kier molecular flexibility index (Phi) is 8.11. The van der Waals surface area contributed by atoms with Crippen LogP contribution in [-0.2, 0) is 11.4 Å². The zero-order valence-corrected chi connectivity index (χ0v) is 23.4. The number of benzene rings is 2. The molecular weight excluding hydrogens is 512 g/mol. The molecule has 40 heavy (non-hydrogen) atoms. The van der Waals surface area contributed by atoms with Crippen molar-refractivity contribution >= 4 is 5.97 Å². The number of carboxylic acid groups (broad SMARTS) is 1. The number of hydrogen-bond donors (Lipinski definition) is 1. The van der Waals surface area contributed by atoms with E-state index < -0.39 is 17.6 Å². The Hall–Kier alpha value is -3.48. The summed E-state index contributed by atoms with van der Waals surface area (Å²) in [4.78, 5) is 15.5. The van der Waals surface area contributed by atoms with E-state index in [1.165, 1.54) is 13.3 Å². The maximum Gasteiger partial charge on any atom is 0.303 e. The van der Waals surface area contributed by atoms with Crippen molar-refractivity contribution in [2.24, 2.45) is 11.3 Å². The number of rotatable bonds is 11. The number of aromatic nitrogens is 1. The van der Waals surface area contributed by atoms with Crippen molar-refractivity contribution < 1.29 is 28.2 Å². The largest absolute Gasteiger partial charge is 0.486 e. The lowest BCUT2D eigenvalue weighted by molar-refractivity contribution is -0.137. The average molecular weight is 550 g/mol. The first-order chi connectivity index (χ1) is 19.2. The maximum absolute atomic E-state index is 15.6. The van der Waals surface area contributed by atoms with E-state index in [2.05, 4.69) is 24.9 Å². The number of hydrogen-bond acceptors (Lipinski definition) is 4. The van der Waals surface area contributed by atoms with Gasteiger partial charge in [-0.2, -0.15) is 0 Å². The fourth-order valence-corrected chi connectivity index (χ4v) is 6.28. The molecule has 2 aliphatic carbocycles. The van der Waals surface area contributed by atoms with E-state index in [4.69, 9.17) is 9.47 Å². The molecule has 0 radical (unpaired) electrons. The number of aliphatic carboxylic acids is 1. The molecule has 1 heterocycles. The van der Waals surface area contributed by atoms with E-state index in [-0.39, 0.29) is 36.0 Å². The molecule has 3 aromatic rings. The summed E-state index contributed by atoms with van der Waals surface area (Å²) in [5.41, 5.74) is 3.58. The number of halogens is 2. The molecule has 0 aliphatic heterocycles. The molecule has 7 heteroatoms. The van der Waals surface area contributed by atoms with Gasteiger partial charge in [-0.05, 0) is 70.8 Å². The normalized spacial score (nSPS) is 18.9. The lowest BCUT2D eigenvalue weighted by Gasteiger charge is -2.30. The molecule has 1 N–H and O–H groups in total. The van der Waals surface area contributed by atoms with Crippen LogP contribution in [0, 0.1) is 23.0 Å². The Balaban J connectivity index is 1.44. The van der Waals surface area contributed by atoms with Crippen LogP contribution in [0.25, 0.3) is 11.1 Å². The zero-order valence-electron chi connectivity index (χ0n) is 23.4. The molecule has 2 atom stereocenters. The Morgan fingerprint density at radius 2 is 1.93 bits per heavy atom. The molecule has 0 bridgehead atoms. The van der Waals surface area contributed by atoms with Crippen LogP contribution in [0.5, 0.6) is 11.6 Å². The highest BCUT2D eigenvalue weighted by atomic mass is 19.1. The predicted molar refractivity (Wildman–Crippen MR) is 150 cm³/mol. The van der Waals surface area contributed by atoms with Crippen LogP contribution in [0.2, 0.25) is 0 Å². The second-order valence-corrected chi connectivity index (χ2v) is 12.0. The van der Waals surface area contributed by atoms with Gasteiger partial charge in [0, 0.05) is 11.6 Å². The summed E-state index contributed by atoms with van der Waals surface area (Å²) in [5.74, 6) is -1.06. The van der Waals surface area contributed by atoms with Gasteiger partial charge in [0.05, 0.1) is 19.7 Å². The molecule has 2 aliphatic rings. The third kappa shape index (κ3) is 6.13. The smallest absolute Gasteiger partial charge is 0.303 e. The van der Waals surface area contributed by atoms with Crippen LogP contribution < -0.4 is 9.47 Å². The second-order valence-electron chi connectivity index (χ2n) is 12.0. The first kappa shape index (κ1) is 28.1. The van der Waals surface area contributed by atoms with Gasteiger partial charge in [0.15, 0.2) is 11.6 Å². The van der Waals surface area contributed by atoms with Crippen LogP contribution in [-0.4, -0.2) is 23.2 Å². The molecule has 2 fully saturated rings. The van der Waals surface area contributed by atoms with E-state index in [0.717, 1.165) is 48.8 Å². The number of carboxylic acids is 1. The van der Waals surface area contributed by atoms with E-state index in [1.54, 1.807) is 24.3 Å². The average Bonchev–Trinajstić information content (AvgIpc) is 3.67. The van der Waals surface area contributed by atoms with Crippen molar-refractivity contribution in [3.63, 3.8) is 0 Å². The monoisotopic (exact) mass is 549 g/mol. The summed E-state index contributed by atoms with van der Waals surface area (Å²) < 4.78 is 41.9. The van der Waals surface area contributed by atoms with Crippen molar-refractivity contribution in [2.45, 2.75) is 77.2 Å². The summed E-state index contributed by atoms with van der Waals surface area (Å²) in [7, 11) is 1.51. The minimum absolute atomic E-state index is 0.0446. The SMILES string of the molecule is COc1cc(-c2ccc(COc3cccc([C@H](CC(=O)O)CC4CC4)c3F)cc2[C@@H]2CCCC2(C)C)c(F)cn1. The number of pyridine rings is 1. The Morgan fingerprint density at radius 1 is 1.12 bits per heavy atom. The maximum atomic E-state index is 15.6. The fraction of sp³-hybridized carbons (Fsp3) is 0.455. The molecule has 1 aromatic heterocycles.